The SMILES string of the molecule is CN(CC(O)(Cn1cncn1)c1ccc(F)cc1F)C(=O)c1ccc(-c2ccc(OC(F)(F)F)cc2)s1. The molecule has 0 saturated heterocycles. The van der Waals surface area contributed by atoms with E-state index < -0.39 is 29.5 Å². The van der Waals surface area contributed by atoms with Gasteiger partial charge >= 0.3 is 6.36 Å². The number of nitrogens with zero attached hydrogens (tertiary/aromatic N) is 4. The zero-order valence-electron chi connectivity index (χ0n) is 19.1. The number of likely N-dealkylation sites (N-methyl/N-ethyl adjacent to an activating group) is 1. The average Bonchev–Trinajstić information content (AvgIpc) is 3.50. The number of amides is 1. The summed E-state index contributed by atoms with van der Waals surface area (Å²) in [5.41, 5.74) is -1.64. The van der Waals surface area contributed by atoms with Crippen LogP contribution >= 0.6 is 11.3 Å². The van der Waals surface area contributed by atoms with Crippen LogP contribution in [0.5, 0.6) is 5.75 Å². The van der Waals surface area contributed by atoms with E-state index in [1.165, 1.54) is 47.5 Å². The van der Waals surface area contributed by atoms with Crippen molar-refractivity contribution in [3.8, 4) is 16.2 Å². The first-order valence-electron chi connectivity index (χ1n) is 10.7. The van der Waals surface area contributed by atoms with Gasteiger partial charge in [-0.2, -0.15) is 5.10 Å². The number of benzene rings is 2. The Balaban J connectivity index is 1.54. The van der Waals surface area contributed by atoms with Gasteiger partial charge in [-0.1, -0.05) is 6.07 Å². The molecule has 0 fully saturated rings. The predicted molar refractivity (Wildman–Crippen MR) is 124 cm³/mol. The number of hydrogen-bond donors (Lipinski definition) is 1. The molecule has 1 amide bonds. The quantitative estimate of drug-likeness (QED) is 0.325. The first-order valence-corrected chi connectivity index (χ1v) is 11.5. The molecule has 4 aromatic rings. The van der Waals surface area contributed by atoms with E-state index >= 15 is 0 Å². The molecule has 0 saturated carbocycles. The lowest BCUT2D eigenvalue weighted by atomic mass is 9.92. The summed E-state index contributed by atoms with van der Waals surface area (Å²) in [7, 11) is 1.42. The molecule has 0 aliphatic rings. The first kappa shape index (κ1) is 26.2. The van der Waals surface area contributed by atoms with E-state index in [1.54, 1.807) is 6.07 Å². The second-order valence-corrected chi connectivity index (χ2v) is 9.23. The fourth-order valence-electron chi connectivity index (χ4n) is 3.75. The largest absolute Gasteiger partial charge is 0.573 e. The number of ether oxygens (including phenoxy) is 1. The summed E-state index contributed by atoms with van der Waals surface area (Å²) in [6.45, 7) is -0.639. The Bertz CT molecular complexity index is 1380. The summed E-state index contributed by atoms with van der Waals surface area (Å²) < 4.78 is 70.4. The van der Waals surface area contributed by atoms with Crippen LogP contribution in [0.2, 0.25) is 0 Å². The van der Waals surface area contributed by atoms with Crippen molar-refractivity contribution in [2.24, 2.45) is 0 Å². The molecule has 0 aliphatic heterocycles. The van der Waals surface area contributed by atoms with Crippen LogP contribution in [0.15, 0.2) is 67.3 Å². The van der Waals surface area contributed by atoms with E-state index in [-0.39, 0.29) is 29.3 Å². The summed E-state index contributed by atoms with van der Waals surface area (Å²) in [4.78, 5) is 19.0. The molecular weight excluding hydrogens is 519 g/mol. The molecule has 0 bridgehead atoms. The number of thiophene rings is 1. The number of carbonyl (C=O) groups is 1. The molecular formula is C24H19F5N4O3S. The lowest BCUT2D eigenvalue weighted by Crippen LogP contribution is -2.45. The Hall–Kier alpha value is -3.84. The molecule has 0 aliphatic carbocycles. The van der Waals surface area contributed by atoms with Crippen molar-refractivity contribution in [3.05, 3.63) is 89.3 Å². The number of rotatable bonds is 8. The minimum Gasteiger partial charge on any atom is -0.406 e. The number of aliphatic hydroxyl groups is 1. The molecule has 0 spiro atoms. The standard InChI is InChI=1S/C24H19F5N4O3S/c1-32(11-23(35,12-33-14-30-13-31-33)18-7-4-16(25)10-19(18)26)22(34)21-9-8-20(37-21)15-2-5-17(6-3-15)36-24(27,28)29/h2-10,13-14,35H,11-12H2,1H3. The predicted octanol–water partition coefficient (Wildman–Crippen LogP) is 4.84. The van der Waals surface area contributed by atoms with E-state index in [0.717, 1.165) is 35.6 Å². The Kier molecular flexibility index (Phi) is 7.28. The van der Waals surface area contributed by atoms with Crippen LogP contribution in [-0.2, 0) is 12.1 Å². The summed E-state index contributed by atoms with van der Waals surface area (Å²) >= 11 is 1.09. The number of carbonyl (C=O) groups excluding carboxylic acids is 1. The highest BCUT2D eigenvalue weighted by Crippen LogP contribution is 2.33. The highest BCUT2D eigenvalue weighted by molar-refractivity contribution is 7.17. The van der Waals surface area contributed by atoms with Crippen molar-refractivity contribution in [3.63, 3.8) is 0 Å². The summed E-state index contributed by atoms with van der Waals surface area (Å²) in [5.74, 6) is -2.67. The fourth-order valence-corrected chi connectivity index (χ4v) is 4.76. The van der Waals surface area contributed by atoms with Crippen molar-refractivity contribution < 1.29 is 36.6 Å². The van der Waals surface area contributed by atoms with Gasteiger partial charge in [0.15, 0.2) is 0 Å². The minimum absolute atomic E-state index is 0.225. The molecule has 1 atom stereocenters. The zero-order valence-corrected chi connectivity index (χ0v) is 19.9. The average molecular weight is 538 g/mol. The van der Waals surface area contributed by atoms with E-state index in [2.05, 4.69) is 14.8 Å². The monoisotopic (exact) mass is 538 g/mol. The van der Waals surface area contributed by atoms with E-state index in [0.29, 0.717) is 16.5 Å². The fraction of sp³-hybridized carbons (Fsp3) is 0.208. The van der Waals surface area contributed by atoms with Gasteiger partial charge in [0.1, 0.15) is 35.6 Å². The maximum atomic E-state index is 14.6. The van der Waals surface area contributed by atoms with E-state index in [1.807, 2.05) is 0 Å². The number of alkyl halides is 3. The Morgan fingerprint density at radius 1 is 1.11 bits per heavy atom. The van der Waals surface area contributed by atoms with Crippen LogP contribution in [0, 0.1) is 11.6 Å². The number of aromatic nitrogens is 3. The third kappa shape index (κ3) is 6.30. The highest BCUT2D eigenvalue weighted by atomic mass is 32.1. The molecule has 13 heteroatoms. The number of hydrogen-bond acceptors (Lipinski definition) is 6. The van der Waals surface area contributed by atoms with Crippen LogP contribution in [0.4, 0.5) is 22.0 Å². The van der Waals surface area contributed by atoms with Crippen LogP contribution in [0.1, 0.15) is 15.2 Å². The molecule has 2 aromatic heterocycles. The molecule has 2 aromatic carbocycles. The van der Waals surface area contributed by atoms with E-state index in [4.69, 9.17) is 0 Å². The van der Waals surface area contributed by atoms with Gasteiger partial charge in [-0.3, -0.25) is 4.79 Å². The minimum atomic E-state index is -4.80. The molecule has 0 radical (unpaired) electrons. The molecule has 7 nitrogen and oxygen atoms in total. The second kappa shape index (κ2) is 10.3. The maximum absolute atomic E-state index is 14.6. The maximum Gasteiger partial charge on any atom is 0.573 e. The van der Waals surface area contributed by atoms with E-state index in [9.17, 15) is 31.9 Å². The first-order chi connectivity index (χ1) is 17.4. The lowest BCUT2D eigenvalue weighted by Gasteiger charge is -2.33. The van der Waals surface area contributed by atoms with Gasteiger partial charge in [-0.15, -0.1) is 24.5 Å². The normalized spacial score (nSPS) is 13.3. The van der Waals surface area contributed by atoms with Crippen molar-refractivity contribution in [2.75, 3.05) is 13.6 Å². The van der Waals surface area contributed by atoms with Crippen LogP contribution in [0.3, 0.4) is 0 Å². The van der Waals surface area contributed by atoms with Gasteiger partial charge in [0.05, 0.1) is 18.0 Å². The molecule has 1 N–H and O–H groups in total. The summed E-state index contributed by atoms with van der Waals surface area (Å²) in [6, 6.07) is 11.1. The molecule has 37 heavy (non-hydrogen) atoms. The van der Waals surface area contributed by atoms with Crippen molar-refractivity contribution in [2.45, 2.75) is 18.5 Å². The van der Waals surface area contributed by atoms with Gasteiger partial charge in [0, 0.05) is 23.6 Å². The highest BCUT2D eigenvalue weighted by Gasteiger charge is 2.36. The molecule has 194 valence electrons. The van der Waals surface area contributed by atoms with Crippen LogP contribution < -0.4 is 4.74 Å². The van der Waals surface area contributed by atoms with Crippen LogP contribution in [-0.4, -0.2) is 50.6 Å². The third-order valence-electron chi connectivity index (χ3n) is 5.36. The molecule has 4 rings (SSSR count). The molecule has 2 heterocycles. The van der Waals surface area contributed by atoms with Gasteiger partial charge in [0.2, 0.25) is 0 Å². The number of halogens is 5. The summed E-state index contributed by atoms with van der Waals surface area (Å²) in [5, 5.41) is 15.4. The Morgan fingerprint density at radius 2 is 1.84 bits per heavy atom. The Labute approximate surface area is 211 Å². The summed E-state index contributed by atoms with van der Waals surface area (Å²) in [6.07, 6.45) is -2.27. The second-order valence-electron chi connectivity index (χ2n) is 8.15. The zero-order chi connectivity index (χ0) is 26.8. The lowest BCUT2D eigenvalue weighted by molar-refractivity contribution is -0.274. The van der Waals surface area contributed by atoms with Crippen molar-refractivity contribution in [1.82, 2.24) is 19.7 Å². The topological polar surface area (TPSA) is 80.5 Å². The van der Waals surface area contributed by atoms with Crippen molar-refractivity contribution >= 4 is 17.2 Å². The van der Waals surface area contributed by atoms with Crippen LogP contribution in [0.25, 0.3) is 10.4 Å². The van der Waals surface area contributed by atoms with Crippen molar-refractivity contribution in [1.29, 1.82) is 0 Å². The van der Waals surface area contributed by atoms with Gasteiger partial charge in [-0.25, -0.2) is 18.4 Å². The Morgan fingerprint density at radius 3 is 2.46 bits per heavy atom. The third-order valence-corrected chi connectivity index (χ3v) is 6.48. The van der Waals surface area contributed by atoms with Gasteiger partial charge in [-0.05, 0) is 48.0 Å². The van der Waals surface area contributed by atoms with Gasteiger partial charge < -0.3 is 14.7 Å². The smallest absolute Gasteiger partial charge is 0.406 e. The molecule has 1 unspecified atom stereocenters. The van der Waals surface area contributed by atoms with Gasteiger partial charge in [0.25, 0.3) is 5.91 Å².